The van der Waals surface area contributed by atoms with Crippen LogP contribution in [0.1, 0.15) is 31.7 Å². The van der Waals surface area contributed by atoms with Crippen LogP contribution in [0.3, 0.4) is 0 Å². The number of allylic oxidation sites excluding steroid dienone is 2. The highest BCUT2D eigenvalue weighted by atomic mass is 79.9. The number of nitrogens with zero attached hydrogens (tertiary/aromatic N) is 1. The minimum atomic E-state index is -0.843. The first-order chi connectivity index (χ1) is 13.3. The number of carbonyl (C=O) groups is 2. The Morgan fingerprint density at radius 1 is 1.21 bits per heavy atom. The largest absolute Gasteiger partial charge is 0.466 e. The van der Waals surface area contributed by atoms with Crippen molar-refractivity contribution < 1.29 is 24.0 Å². The number of methoxy groups -OCH3 is 1. The van der Waals surface area contributed by atoms with Crippen molar-refractivity contribution in [3.63, 3.8) is 0 Å². The lowest BCUT2D eigenvalue weighted by atomic mass is 9.80. The standard InChI is InChI=1S/C19H21BrN2O6/c1-11-15(18(23)27-3)17(13-6-4-7-14(10-13)22(25)26)16(12(2)21-11)19(24)28-9-5-8-20/h4,6-7,10,17,21H,5,8-9H2,1-3H3/t17-/m0/s1. The second-order valence-electron chi connectivity index (χ2n) is 6.16. The summed E-state index contributed by atoms with van der Waals surface area (Å²) in [5, 5.41) is 14.9. The first-order valence-corrected chi connectivity index (χ1v) is 9.68. The molecule has 2 rings (SSSR count). The molecule has 1 heterocycles. The molecule has 1 atom stereocenters. The molecule has 0 spiro atoms. The molecule has 0 bridgehead atoms. The van der Waals surface area contributed by atoms with Crippen molar-refractivity contribution in [2.45, 2.75) is 26.2 Å². The topological polar surface area (TPSA) is 108 Å². The summed E-state index contributed by atoms with van der Waals surface area (Å²) in [5.41, 5.74) is 1.76. The summed E-state index contributed by atoms with van der Waals surface area (Å²) < 4.78 is 10.2. The van der Waals surface area contributed by atoms with Gasteiger partial charge >= 0.3 is 11.9 Å². The van der Waals surface area contributed by atoms with Crippen molar-refractivity contribution in [3.8, 4) is 0 Å². The number of dihydropyridines is 1. The predicted octanol–water partition coefficient (Wildman–Crippen LogP) is 3.33. The number of ether oxygens (including phenoxy) is 2. The van der Waals surface area contributed by atoms with E-state index in [9.17, 15) is 19.7 Å². The van der Waals surface area contributed by atoms with Gasteiger partial charge in [-0.05, 0) is 25.8 Å². The number of alkyl halides is 1. The number of esters is 2. The van der Waals surface area contributed by atoms with Gasteiger partial charge in [-0.15, -0.1) is 0 Å². The van der Waals surface area contributed by atoms with Crippen LogP contribution in [0, 0.1) is 10.1 Å². The molecular formula is C19H21BrN2O6. The third kappa shape index (κ3) is 4.59. The van der Waals surface area contributed by atoms with Crippen molar-refractivity contribution in [2.24, 2.45) is 0 Å². The van der Waals surface area contributed by atoms with Gasteiger partial charge in [0.2, 0.25) is 0 Å². The van der Waals surface area contributed by atoms with Crippen molar-refractivity contribution in [3.05, 3.63) is 62.5 Å². The molecule has 1 aromatic carbocycles. The van der Waals surface area contributed by atoms with E-state index in [1.165, 1.54) is 25.3 Å². The second-order valence-corrected chi connectivity index (χ2v) is 6.95. The first kappa shape index (κ1) is 21.6. The van der Waals surface area contributed by atoms with Crippen LogP contribution < -0.4 is 5.32 Å². The average Bonchev–Trinajstić information content (AvgIpc) is 2.67. The van der Waals surface area contributed by atoms with Crippen molar-refractivity contribution in [2.75, 3.05) is 19.0 Å². The SMILES string of the molecule is COC(=O)C1=C(C)NC(C)=C(C(=O)OCCCBr)[C@H]1c1cccc([N+](=O)[O-])c1. The zero-order chi connectivity index (χ0) is 20.8. The first-order valence-electron chi connectivity index (χ1n) is 8.56. The molecule has 0 saturated carbocycles. The molecule has 1 aromatic rings. The summed E-state index contributed by atoms with van der Waals surface area (Å²) in [6, 6.07) is 5.86. The van der Waals surface area contributed by atoms with Crippen molar-refractivity contribution >= 4 is 33.6 Å². The molecule has 1 aliphatic rings. The molecule has 150 valence electrons. The van der Waals surface area contributed by atoms with Gasteiger partial charge in [0, 0.05) is 28.9 Å². The highest BCUT2D eigenvalue weighted by Crippen LogP contribution is 2.40. The van der Waals surface area contributed by atoms with Crippen molar-refractivity contribution in [1.29, 1.82) is 0 Å². The number of nitrogens with one attached hydrogen (secondary N) is 1. The Bertz CT molecular complexity index is 862. The van der Waals surface area contributed by atoms with Crippen LogP contribution in [0.25, 0.3) is 0 Å². The molecule has 0 amide bonds. The molecule has 8 nitrogen and oxygen atoms in total. The number of nitro benzene ring substituents is 1. The zero-order valence-corrected chi connectivity index (χ0v) is 17.4. The van der Waals surface area contributed by atoms with Gasteiger partial charge in [0.15, 0.2) is 0 Å². The maximum absolute atomic E-state index is 12.8. The van der Waals surface area contributed by atoms with Gasteiger partial charge in [0.25, 0.3) is 5.69 Å². The molecule has 9 heteroatoms. The Labute approximate surface area is 170 Å². The Morgan fingerprint density at radius 2 is 1.86 bits per heavy atom. The minimum absolute atomic E-state index is 0.137. The number of hydrogen-bond donors (Lipinski definition) is 1. The molecular weight excluding hydrogens is 432 g/mol. The predicted molar refractivity (Wildman–Crippen MR) is 106 cm³/mol. The lowest BCUT2D eigenvalue weighted by Gasteiger charge is -2.30. The molecule has 0 fully saturated rings. The lowest BCUT2D eigenvalue weighted by Crippen LogP contribution is -2.32. The molecule has 0 unspecified atom stereocenters. The minimum Gasteiger partial charge on any atom is -0.466 e. The van der Waals surface area contributed by atoms with E-state index in [0.29, 0.717) is 28.7 Å². The van der Waals surface area contributed by atoms with Crippen LogP contribution >= 0.6 is 15.9 Å². The van der Waals surface area contributed by atoms with E-state index in [2.05, 4.69) is 21.2 Å². The smallest absolute Gasteiger partial charge is 0.336 e. The van der Waals surface area contributed by atoms with Gasteiger partial charge in [0.1, 0.15) is 0 Å². The van der Waals surface area contributed by atoms with Gasteiger partial charge in [-0.1, -0.05) is 28.1 Å². The fourth-order valence-corrected chi connectivity index (χ4v) is 3.32. The molecule has 1 aliphatic heterocycles. The Balaban J connectivity index is 2.60. The van der Waals surface area contributed by atoms with E-state index in [1.54, 1.807) is 19.9 Å². The third-order valence-electron chi connectivity index (χ3n) is 4.31. The summed E-state index contributed by atoms with van der Waals surface area (Å²) in [4.78, 5) is 36.0. The highest BCUT2D eigenvalue weighted by Gasteiger charge is 2.38. The maximum atomic E-state index is 12.8. The Hall–Kier alpha value is -2.68. The number of hydrogen-bond acceptors (Lipinski definition) is 7. The van der Waals surface area contributed by atoms with Crippen LogP contribution in [0.4, 0.5) is 5.69 Å². The van der Waals surface area contributed by atoms with E-state index >= 15 is 0 Å². The van der Waals surface area contributed by atoms with E-state index in [-0.39, 0.29) is 23.4 Å². The number of halogens is 1. The summed E-state index contributed by atoms with van der Waals surface area (Å²) in [6.07, 6.45) is 0.631. The van der Waals surface area contributed by atoms with Gasteiger partial charge < -0.3 is 14.8 Å². The molecule has 0 saturated heterocycles. The summed E-state index contributed by atoms with van der Waals surface area (Å²) in [6.45, 7) is 3.59. The van der Waals surface area contributed by atoms with E-state index < -0.39 is 22.8 Å². The summed E-state index contributed by atoms with van der Waals surface area (Å²) in [7, 11) is 1.24. The Kier molecular flexibility index (Phi) is 7.33. The van der Waals surface area contributed by atoms with Gasteiger partial charge in [-0.3, -0.25) is 10.1 Å². The number of nitro groups is 1. The maximum Gasteiger partial charge on any atom is 0.336 e. The monoisotopic (exact) mass is 452 g/mol. The second kappa shape index (κ2) is 9.50. The molecule has 0 radical (unpaired) electrons. The van der Waals surface area contributed by atoms with Gasteiger partial charge in [-0.2, -0.15) is 0 Å². The third-order valence-corrected chi connectivity index (χ3v) is 4.87. The highest BCUT2D eigenvalue weighted by molar-refractivity contribution is 9.09. The molecule has 28 heavy (non-hydrogen) atoms. The van der Waals surface area contributed by atoms with Crippen molar-refractivity contribution in [1.82, 2.24) is 5.32 Å². The quantitative estimate of drug-likeness (QED) is 0.222. The van der Waals surface area contributed by atoms with E-state index in [4.69, 9.17) is 9.47 Å². The summed E-state index contributed by atoms with van der Waals surface area (Å²) in [5.74, 6) is -2.05. The summed E-state index contributed by atoms with van der Waals surface area (Å²) >= 11 is 3.28. The number of benzene rings is 1. The van der Waals surface area contributed by atoms with Crippen LogP contribution in [-0.4, -0.2) is 35.9 Å². The van der Waals surface area contributed by atoms with Gasteiger partial charge in [-0.25, -0.2) is 9.59 Å². The normalized spacial score (nSPS) is 16.5. The van der Waals surface area contributed by atoms with Crippen LogP contribution in [0.2, 0.25) is 0 Å². The van der Waals surface area contributed by atoms with E-state index in [0.717, 1.165) is 0 Å². The fraction of sp³-hybridized carbons (Fsp3) is 0.368. The number of carbonyl (C=O) groups excluding carboxylic acids is 2. The average molecular weight is 453 g/mol. The van der Waals surface area contributed by atoms with Crippen LogP contribution in [0.15, 0.2) is 46.8 Å². The lowest BCUT2D eigenvalue weighted by molar-refractivity contribution is -0.384. The van der Waals surface area contributed by atoms with Crippen LogP contribution in [0.5, 0.6) is 0 Å². The number of rotatable bonds is 7. The fourth-order valence-electron chi connectivity index (χ4n) is 3.09. The number of non-ortho nitro benzene ring substituents is 1. The molecule has 1 N–H and O–H groups in total. The van der Waals surface area contributed by atoms with E-state index in [1.807, 2.05) is 0 Å². The van der Waals surface area contributed by atoms with Gasteiger partial charge in [0.05, 0.1) is 35.7 Å². The zero-order valence-electron chi connectivity index (χ0n) is 15.8. The Morgan fingerprint density at radius 3 is 2.43 bits per heavy atom. The van der Waals surface area contributed by atoms with Crippen LogP contribution in [-0.2, 0) is 19.1 Å². The molecule has 0 aromatic heterocycles. The molecule has 0 aliphatic carbocycles.